The SMILES string of the molecule is O=C(NCCC(c1ccccc1)c1ccccc1)c1ccccc1Br. The van der Waals surface area contributed by atoms with Crippen LogP contribution in [0.15, 0.2) is 89.4 Å². The molecule has 0 fully saturated rings. The Hall–Kier alpha value is -2.39. The lowest BCUT2D eigenvalue weighted by Gasteiger charge is -2.18. The Balaban J connectivity index is 1.70. The van der Waals surface area contributed by atoms with Crippen LogP contribution in [0.5, 0.6) is 0 Å². The van der Waals surface area contributed by atoms with E-state index in [-0.39, 0.29) is 11.8 Å². The topological polar surface area (TPSA) is 29.1 Å². The first kappa shape index (κ1) is 17.4. The Bertz CT molecular complexity index is 778. The predicted molar refractivity (Wildman–Crippen MR) is 106 cm³/mol. The minimum absolute atomic E-state index is 0.0488. The maximum Gasteiger partial charge on any atom is 0.252 e. The van der Waals surface area contributed by atoms with Crippen LogP contribution in [0.4, 0.5) is 0 Å². The van der Waals surface area contributed by atoms with E-state index in [1.165, 1.54) is 11.1 Å². The van der Waals surface area contributed by atoms with Gasteiger partial charge in [0.15, 0.2) is 0 Å². The molecule has 0 bridgehead atoms. The zero-order valence-corrected chi connectivity index (χ0v) is 15.4. The zero-order valence-electron chi connectivity index (χ0n) is 13.9. The van der Waals surface area contributed by atoms with Crippen molar-refractivity contribution in [3.05, 3.63) is 106 Å². The van der Waals surface area contributed by atoms with Crippen LogP contribution >= 0.6 is 15.9 Å². The van der Waals surface area contributed by atoms with Crippen molar-refractivity contribution >= 4 is 21.8 Å². The molecule has 3 aromatic rings. The van der Waals surface area contributed by atoms with Crippen molar-refractivity contribution in [2.75, 3.05) is 6.54 Å². The molecule has 2 nitrogen and oxygen atoms in total. The highest BCUT2D eigenvalue weighted by Gasteiger charge is 2.15. The van der Waals surface area contributed by atoms with Gasteiger partial charge in [0.05, 0.1) is 5.56 Å². The fraction of sp³-hybridized carbons (Fsp3) is 0.136. The average molecular weight is 394 g/mol. The van der Waals surface area contributed by atoms with Crippen LogP contribution in [0.1, 0.15) is 33.8 Å². The first-order valence-electron chi connectivity index (χ1n) is 8.38. The summed E-state index contributed by atoms with van der Waals surface area (Å²) in [5.41, 5.74) is 3.20. The largest absolute Gasteiger partial charge is 0.352 e. The van der Waals surface area contributed by atoms with Crippen molar-refractivity contribution in [2.45, 2.75) is 12.3 Å². The van der Waals surface area contributed by atoms with Crippen molar-refractivity contribution in [1.29, 1.82) is 0 Å². The Kier molecular flexibility index (Phi) is 6.02. The van der Waals surface area contributed by atoms with Gasteiger partial charge in [0.25, 0.3) is 5.91 Å². The molecule has 0 heterocycles. The maximum atomic E-state index is 12.4. The summed E-state index contributed by atoms with van der Waals surface area (Å²) >= 11 is 3.43. The van der Waals surface area contributed by atoms with Gasteiger partial charge in [-0.15, -0.1) is 0 Å². The van der Waals surface area contributed by atoms with Crippen LogP contribution in [0.2, 0.25) is 0 Å². The lowest BCUT2D eigenvalue weighted by molar-refractivity contribution is 0.0952. The minimum Gasteiger partial charge on any atom is -0.352 e. The number of rotatable bonds is 6. The summed E-state index contributed by atoms with van der Waals surface area (Å²) in [5, 5.41) is 3.04. The van der Waals surface area contributed by atoms with E-state index in [2.05, 4.69) is 69.8 Å². The molecule has 1 N–H and O–H groups in total. The maximum absolute atomic E-state index is 12.4. The lowest BCUT2D eigenvalue weighted by atomic mass is 9.88. The number of halogens is 1. The summed E-state index contributed by atoms with van der Waals surface area (Å²) in [7, 11) is 0. The van der Waals surface area contributed by atoms with Crippen LogP contribution in [-0.4, -0.2) is 12.5 Å². The number of benzene rings is 3. The van der Waals surface area contributed by atoms with Crippen molar-refractivity contribution in [1.82, 2.24) is 5.32 Å². The third kappa shape index (κ3) is 4.58. The van der Waals surface area contributed by atoms with Gasteiger partial charge in [-0.25, -0.2) is 0 Å². The van der Waals surface area contributed by atoms with Gasteiger partial charge >= 0.3 is 0 Å². The van der Waals surface area contributed by atoms with E-state index >= 15 is 0 Å². The molecule has 3 heteroatoms. The van der Waals surface area contributed by atoms with E-state index in [0.29, 0.717) is 12.1 Å². The second kappa shape index (κ2) is 8.63. The molecule has 0 aliphatic heterocycles. The molecule has 0 saturated heterocycles. The molecule has 126 valence electrons. The normalized spacial score (nSPS) is 10.6. The zero-order chi connectivity index (χ0) is 17.5. The molecular formula is C22H20BrNO. The van der Waals surface area contributed by atoms with E-state index in [4.69, 9.17) is 0 Å². The first-order valence-corrected chi connectivity index (χ1v) is 9.17. The lowest BCUT2D eigenvalue weighted by Crippen LogP contribution is -2.26. The van der Waals surface area contributed by atoms with Crippen LogP contribution in [0, 0.1) is 0 Å². The van der Waals surface area contributed by atoms with E-state index in [1.54, 1.807) is 0 Å². The van der Waals surface area contributed by atoms with Crippen LogP contribution in [0.25, 0.3) is 0 Å². The summed E-state index contributed by atoms with van der Waals surface area (Å²) in [6, 6.07) is 28.4. The number of carbonyl (C=O) groups excluding carboxylic acids is 1. The Morgan fingerprint density at radius 3 is 1.88 bits per heavy atom. The van der Waals surface area contributed by atoms with Gasteiger partial charge in [0.1, 0.15) is 0 Å². The summed E-state index contributed by atoms with van der Waals surface area (Å²) in [6.45, 7) is 0.620. The van der Waals surface area contributed by atoms with Gasteiger partial charge in [-0.1, -0.05) is 72.8 Å². The van der Waals surface area contributed by atoms with Gasteiger partial charge in [-0.05, 0) is 45.6 Å². The third-order valence-corrected chi connectivity index (χ3v) is 4.93. The van der Waals surface area contributed by atoms with Crippen LogP contribution in [0.3, 0.4) is 0 Å². The fourth-order valence-corrected chi connectivity index (χ4v) is 3.43. The van der Waals surface area contributed by atoms with Gasteiger partial charge in [0.2, 0.25) is 0 Å². The highest BCUT2D eigenvalue weighted by molar-refractivity contribution is 9.10. The molecule has 0 aliphatic carbocycles. The number of nitrogens with one attached hydrogen (secondary N) is 1. The molecule has 0 saturated carbocycles. The van der Waals surface area contributed by atoms with Gasteiger partial charge in [0, 0.05) is 16.9 Å². The standard InChI is InChI=1S/C22H20BrNO/c23-21-14-8-7-13-20(21)22(25)24-16-15-19(17-9-3-1-4-10-17)18-11-5-2-6-12-18/h1-14,19H,15-16H2,(H,24,25). The highest BCUT2D eigenvalue weighted by atomic mass is 79.9. The quantitative estimate of drug-likeness (QED) is 0.596. The molecule has 3 aromatic carbocycles. The molecule has 3 rings (SSSR count). The average Bonchev–Trinajstić information content (AvgIpc) is 2.67. The molecular weight excluding hydrogens is 374 g/mol. The molecule has 25 heavy (non-hydrogen) atoms. The third-order valence-electron chi connectivity index (χ3n) is 4.24. The van der Waals surface area contributed by atoms with Gasteiger partial charge in [-0.2, -0.15) is 0 Å². The Morgan fingerprint density at radius 2 is 1.32 bits per heavy atom. The molecule has 1 amide bonds. The smallest absolute Gasteiger partial charge is 0.252 e. The molecule has 0 unspecified atom stereocenters. The van der Waals surface area contributed by atoms with E-state index in [1.807, 2.05) is 36.4 Å². The summed E-state index contributed by atoms with van der Waals surface area (Å²) in [4.78, 5) is 12.4. The first-order chi connectivity index (χ1) is 12.3. The number of amides is 1. The number of carbonyl (C=O) groups is 1. The van der Waals surface area contributed by atoms with Crippen molar-refractivity contribution in [2.24, 2.45) is 0 Å². The van der Waals surface area contributed by atoms with Crippen LogP contribution < -0.4 is 5.32 Å². The van der Waals surface area contributed by atoms with Crippen molar-refractivity contribution in [3.8, 4) is 0 Å². The summed E-state index contributed by atoms with van der Waals surface area (Å²) in [5.74, 6) is 0.217. The van der Waals surface area contributed by atoms with E-state index < -0.39 is 0 Å². The van der Waals surface area contributed by atoms with Gasteiger partial charge < -0.3 is 5.32 Å². The summed E-state index contributed by atoms with van der Waals surface area (Å²) in [6.07, 6.45) is 0.851. The minimum atomic E-state index is -0.0488. The second-order valence-corrected chi connectivity index (χ2v) is 6.75. The van der Waals surface area contributed by atoms with E-state index in [0.717, 1.165) is 10.9 Å². The van der Waals surface area contributed by atoms with E-state index in [9.17, 15) is 4.79 Å². The highest BCUT2D eigenvalue weighted by Crippen LogP contribution is 2.27. The molecule has 0 radical (unpaired) electrons. The number of hydrogen-bond acceptors (Lipinski definition) is 1. The molecule has 0 aliphatic rings. The Morgan fingerprint density at radius 1 is 0.800 bits per heavy atom. The fourth-order valence-electron chi connectivity index (χ4n) is 2.97. The molecule has 0 atom stereocenters. The molecule has 0 spiro atoms. The Labute approximate surface area is 157 Å². The van der Waals surface area contributed by atoms with Gasteiger partial charge in [-0.3, -0.25) is 4.79 Å². The second-order valence-electron chi connectivity index (χ2n) is 5.90. The van der Waals surface area contributed by atoms with Crippen molar-refractivity contribution < 1.29 is 4.79 Å². The molecule has 0 aromatic heterocycles. The predicted octanol–water partition coefficient (Wildman–Crippen LogP) is 5.40. The number of hydrogen-bond donors (Lipinski definition) is 1. The van der Waals surface area contributed by atoms with Crippen LogP contribution in [-0.2, 0) is 0 Å². The summed E-state index contributed by atoms with van der Waals surface area (Å²) < 4.78 is 0.815. The van der Waals surface area contributed by atoms with Crippen molar-refractivity contribution in [3.63, 3.8) is 0 Å². The monoisotopic (exact) mass is 393 g/mol.